The Kier molecular flexibility index (Phi) is 5.22. The summed E-state index contributed by atoms with van der Waals surface area (Å²) in [5.41, 5.74) is 8.49. The highest BCUT2D eigenvalue weighted by atomic mass is 19.4. The number of hydrogen-bond acceptors (Lipinski definition) is 4. The quantitative estimate of drug-likeness (QED) is 0.723. The van der Waals surface area contributed by atoms with Gasteiger partial charge in [-0.1, -0.05) is 0 Å². The van der Waals surface area contributed by atoms with Crippen LogP contribution < -0.4 is 10.5 Å². The minimum Gasteiger partial charge on any atom is -0.406 e. The molecule has 0 amide bonds. The molecule has 0 aliphatic heterocycles. The number of pyridine rings is 1. The molecule has 2 N–H and O–H groups in total. The molecule has 0 unspecified atom stereocenters. The fourth-order valence-corrected chi connectivity index (χ4v) is 2.47. The van der Waals surface area contributed by atoms with Gasteiger partial charge in [0.2, 0.25) is 0 Å². The van der Waals surface area contributed by atoms with E-state index in [1.165, 1.54) is 24.3 Å². The Labute approximate surface area is 148 Å². The zero-order chi connectivity index (χ0) is 18.6. The smallest absolute Gasteiger partial charge is 0.406 e. The molecule has 0 saturated heterocycles. The number of aromatic nitrogens is 3. The summed E-state index contributed by atoms with van der Waals surface area (Å²) in [6.45, 7) is 1.34. The Hall–Kier alpha value is -2.87. The molecule has 0 atom stereocenters. The second-order valence-electron chi connectivity index (χ2n) is 5.61. The van der Waals surface area contributed by atoms with Gasteiger partial charge in [0, 0.05) is 30.1 Å². The maximum atomic E-state index is 12.2. The van der Waals surface area contributed by atoms with Crippen LogP contribution in [-0.2, 0) is 6.54 Å². The van der Waals surface area contributed by atoms with Crippen molar-refractivity contribution in [2.45, 2.75) is 19.3 Å². The van der Waals surface area contributed by atoms with E-state index < -0.39 is 6.36 Å². The van der Waals surface area contributed by atoms with Crippen LogP contribution in [0.4, 0.5) is 13.2 Å². The van der Waals surface area contributed by atoms with E-state index in [0.29, 0.717) is 17.8 Å². The predicted molar refractivity (Wildman–Crippen MR) is 91.2 cm³/mol. The van der Waals surface area contributed by atoms with E-state index in [1.54, 1.807) is 6.20 Å². The van der Waals surface area contributed by atoms with E-state index in [2.05, 4.69) is 14.8 Å². The van der Waals surface area contributed by atoms with Gasteiger partial charge >= 0.3 is 6.36 Å². The van der Waals surface area contributed by atoms with Gasteiger partial charge in [0.1, 0.15) is 5.75 Å². The first kappa shape index (κ1) is 17.9. The third-order valence-corrected chi connectivity index (χ3v) is 3.67. The van der Waals surface area contributed by atoms with Crippen molar-refractivity contribution >= 4 is 0 Å². The number of halogens is 3. The van der Waals surface area contributed by atoms with E-state index in [4.69, 9.17) is 5.73 Å². The van der Waals surface area contributed by atoms with Crippen LogP contribution in [0.1, 0.15) is 6.42 Å². The van der Waals surface area contributed by atoms with Gasteiger partial charge in [0.25, 0.3) is 0 Å². The van der Waals surface area contributed by atoms with Crippen LogP contribution in [0.15, 0.2) is 54.9 Å². The molecule has 0 aliphatic carbocycles. The zero-order valence-electron chi connectivity index (χ0n) is 13.8. The molecule has 0 spiro atoms. The number of ether oxygens (including phenoxy) is 1. The number of nitrogens with zero attached hydrogens (tertiary/aromatic N) is 3. The number of hydrogen-bond donors (Lipinski definition) is 1. The van der Waals surface area contributed by atoms with Crippen molar-refractivity contribution in [1.29, 1.82) is 0 Å². The van der Waals surface area contributed by atoms with Crippen LogP contribution in [-0.4, -0.2) is 27.7 Å². The minimum absolute atomic E-state index is 0.268. The Morgan fingerprint density at radius 2 is 1.77 bits per heavy atom. The first-order chi connectivity index (χ1) is 12.4. The van der Waals surface area contributed by atoms with Crippen LogP contribution in [0.2, 0.25) is 0 Å². The number of aryl methyl sites for hydroxylation is 1. The SMILES string of the molecule is NCCCn1ccc(-c2ccnc(-c3ccc(OC(F)(F)F)cc3)c2)n1. The number of rotatable bonds is 6. The molecule has 0 fully saturated rings. The monoisotopic (exact) mass is 362 g/mol. The summed E-state index contributed by atoms with van der Waals surface area (Å²) in [7, 11) is 0. The number of nitrogens with two attached hydrogens (primary N) is 1. The molecule has 1 aromatic carbocycles. The van der Waals surface area contributed by atoms with Gasteiger partial charge < -0.3 is 10.5 Å². The highest BCUT2D eigenvalue weighted by molar-refractivity contribution is 5.68. The van der Waals surface area contributed by atoms with Crippen LogP contribution in [0.25, 0.3) is 22.5 Å². The highest BCUT2D eigenvalue weighted by Crippen LogP contribution is 2.27. The lowest BCUT2D eigenvalue weighted by Gasteiger charge is -2.09. The summed E-state index contributed by atoms with van der Waals surface area (Å²) in [6, 6.07) is 11.2. The summed E-state index contributed by atoms with van der Waals surface area (Å²) in [4.78, 5) is 4.28. The Balaban J connectivity index is 1.80. The molecular weight excluding hydrogens is 345 g/mol. The first-order valence-corrected chi connectivity index (χ1v) is 8.01. The second kappa shape index (κ2) is 7.57. The topological polar surface area (TPSA) is 66.0 Å². The summed E-state index contributed by atoms with van der Waals surface area (Å²) < 4.78 is 42.4. The molecule has 3 aromatic rings. The Bertz CT molecular complexity index is 859. The highest BCUT2D eigenvalue weighted by Gasteiger charge is 2.30. The molecule has 0 bridgehead atoms. The van der Waals surface area contributed by atoms with Gasteiger partial charge in [-0.15, -0.1) is 13.2 Å². The number of benzene rings is 1. The van der Waals surface area contributed by atoms with Crippen molar-refractivity contribution in [1.82, 2.24) is 14.8 Å². The summed E-state index contributed by atoms with van der Waals surface area (Å²) in [6.07, 6.45) is -0.338. The lowest BCUT2D eigenvalue weighted by Crippen LogP contribution is -2.16. The number of alkyl halides is 3. The van der Waals surface area contributed by atoms with E-state index in [-0.39, 0.29) is 5.75 Å². The molecule has 3 rings (SSSR count). The summed E-state index contributed by atoms with van der Waals surface area (Å²) >= 11 is 0. The Morgan fingerprint density at radius 3 is 2.46 bits per heavy atom. The largest absolute Gasteiger partial charge is 0.573 e. The van der Waals surface area contributed by atoms with Crippen molar-refractivity contribution in [3.8, 4) is 28.3 Å². The fourth-order valence-electron chi connectivity index (χ4n) is 2.47. The second-order valence-corrected chi connectivity index (χ2v) is 5.61. The van der Waals surface area contributed by atoms with Gasteiger partial charge in [-0.05, 0) is 55.4 Å². The third kappa shape index (κ3) is 4.60. The molecule has 0 radical (unpaired) electrons. The average Bonchev–Trinajstić information content (AvgIpc) is 3.08. The van der Waals surface area contributed by atoms with E-state index in [0.717, 1.165) is 24.2 Å². The Morgan fingerprint density at radius 1 is 1.00 bits per heavy atom. The fraction of sp³-hybridized carbons (Fsp3) is 0.222. The third-order valence-electron chi connectivity index (χ3n) is 3.67. The minimum atomic E-state index is -4.71. The predicted octanol–water partition coefficient (Wildman–Crippen LogP) is 3.86. The van der Waals surface area contributed by atoms with Gasteiger partial charge in [0.15, 0.2) is 0 Å². The molecule has 0 aliphatic rings. The van der Waals surface area contributed by atoms with Crippen molar-refractivity contribution < 1.29 is 17.9 Å². The molecule has 0 saturated carbocycles. The summed E-state index contributed by atoms with van der Waals surface area (Å²) in [5.74, 6) is -0.268. The molecule has 26 heavy (non-hydrogen) atoms. The molecule has 5 nitrogen and oxygen atoms in total. The lowest BCUT2D eigenvalue weighted by atomic mass is 10.1. The van der Waals surface area contributed by atoms with Crippen molar-refractivity contribution in [3.63, 3.8) is 0 Å². The van der Waals surface area contributed by atoms with Gasteiger partial charge in [-0.2, -0.15) is 5.10 Å². The molecule has 2 heterocycles. The lowest BCUT2D eigenvalue weighted by molar-refractivity contribution is -0.274. The standard InChI is InChI=1S/C18H17F3N4O/c19-18(20,21)26-15-4-2-13(3-5-15)17-12-14(6-9-23-17)16-7-11-25(24-16)10-1-8-22/h2-7,9,11-12H,1,8,10,22H2. The maximum absolute atomic E-state index is 12.2. The van der Waals surface area contributed by atoms with Gasteiger partial charge in [-0.25, -0.2) is 0 Å². The molecule has 136 valence electrons. The van der Waals surface area contributed by atoms with Crippen LogP contribution in [0.5, 0.6) is 5.75 Å². The van der Waals surface area contributed by atoms with Crippen LogP contribution in [0, 0.1) is 0 Å². The van der Waals surface area contributed by atoms with Crippen LogP contribution in [0.3, 0.4) is 0 Å². The van der Waals surface area contributed by atoms with Crippen LogP contribution >= 0.6 is 0 Å². The molecule has 8 heteroatoms. The van der Waals surface area contributed by atoms with Crippen molar-refractivity contribution in [3.05, 3.63) is 54.9 Å². The summed E-state index contributed by atoms with van der Waals surface area (Å²) in [5, 5.41) is 4.50. The maximum Gasteiger partial charge on any atom is 0.573 e. The van der Waals surface area contributed by atoms with Gasteiger partial charge in [0.05, 0.1) is 11.4 Å². The van der Waals surface area contributed by atoms with E-state index in [1.807, 2.05) is 29.1 Å². The average molecular weight is 362 g/mol. The first-order valence-electron chi connectivity index (χ1n) is 8.01. The molecular formula is C18H17F3N4O. The van der Waals surface area contributed by atoms with Crippen molar-refractivity contribution in [2.24, 2.45) is 5.73 Å². The van der Waals surface area contributed by atoms with Crippen molar-refractivity contribution in [2.75, 3.05) is 6.54 Å². The molecule has 2 aromatic heterocycles. The van der Waals surface area contributed by atoms with E-state index >= 15 is 0 Å². The van der Waals surface area contributed by atoms with E-state index in [9.17, 15) is 13.2 Å². The zero-order valence-corrected chi connectivity index (χ0v) is 13.8. The normalized spacial score (nSPS) is 11.5. The van der Waals surface area contributed by atoms with Gasteiger partial charge in [-0.3, -0.25) is 9.67 Å².